The van der Waals surface area contributed by atoms with Gasteiger partial charge in [-0.2, -0.15) is 0 Å². The SMILES string of the molecule is COC(=O)C1CC(Oc2ccccc2F)CN1C(=O)Cc1ccccc1Cl. The van der Waals surface area contributed by atoms with Crippen LogP contribution in [0.4, 0.5) is 4.39 Å². The van der Waals surface area contributed by atoms with Crippen molar-refractivity contribution < 1.29 is 23.5 Å². The highest BCUT2D eigenvalue weighted by atomic mass is 35.5. The summed E-state index contributed by atoms with van der Waals surface area (Å²) >= 11 is 6.13. The molecule has 0 bridgehead atoms. The number of likely N-dealkylation sites (tertiary alicyclic amines) is 1. The number of methoxy groups -OCH3 is 1. The summed E-state index contributed by atoms with van der Waals surface area (Å²) in [6, 6.07) is 12.3. The van der Waals surface area contributed by atoms with E-state index in [4.69, 9.17) is 21.1 Å². The Hall–Kier alpha value is -2.60. The first-order chi connectivity index (χ1) is 13.0. The summed E-state index contributed by atoms with van der Waals surface area (Å²) in [5.41, 5.74) is 0.672. The van der Waals surface area contributed by atoms with Crippen molar-refractivity contribution in [1.29, 1.82) is 0 Å². The molecule has 1 fully saturated rings. The lowest BCUT2D eigenvalue weighted by Gasteiger charge is -2.22. The number of amides is 1. The Labute approximate surface area is 161 Å². The third kappa shape index (κ3) is 4.39. The molecule has 0 aliphatic carbocycles. The molecular weight excluding hydrogens is 373 g/mol. The van der Waals surface area contributed by atoms with Crippen LogP contribution in [0, 0.1) is 5.82 Å². The fraction of sp³-hybridized carbons (Fsp3) is 0.300. The van der Waals surface area contributed by atoms with Crippen LogP contribution in [0.3, 0.4) is 0 Å². The van der Waals surface area contributed by atoms with Gasteiger partial charge in [0, 0.05) is 11.4 Å². The van der Waals surface area contributed by atoms with Gasteiger partial charge in [-0.05, 0) is 23.8 Å². The molecule has 27 heavy (non-hydrogen) atoms. The van der Waals surface area contributed by atoms with Gasteiger partial charge in [0.25, 0.3) is 0 Å². The Morgan fingerprint density at radius 2 is 1.89 bits per heavy atom. The van der Waals surface area contributed by atoms with Gasteiger partial charge < -0.3 is 14.4 Å². The Kier molecular flexibility index (Phi) is 5.96. The van der Waals surface area contributed by atoms with E-state index in [1.807, 2.05) is 0 Å². The summed E-state index contributed by atoms with van der Waals surface area (Å²) in [5, 5.41) is 0.485. The highest BCUT2D eigenvalue weighted by molar-refractivity contribution is 6.31. The first-order valence-electron chi connectivity index (χ1n) is 8.51. The zero-order valence-corrected chi connectivity index (χ0v) is 15.5. The van der Waals surface area contributed by atoms with E-state index in [9.17, 15) is 14.0 Å². The molecule has 142 valence electrons. The second-order valence-electron chi connectivity index (χ2n) is 6.26. The van der Waals surface area contributed by atoms with Crippen molar-refractivity contribution in [3.8, 4) is 5.75 Å². The zero-order valence-electron chi connectivity index (χ0n) is 14.7. The molecule has 0 aromatic heterocycles. The number of nitrogens with zero attached hydrogens (tertiary/aromatic N) is 1. The first-order valence-corrected chi connectivity index (χ1v) is 8.89. The van der Waals surface area contributed by atoms with Crippen molar-refractivity contribution in [1.82, 2.24) is 4.90 Å². The monoisotopic (exact) mass is 391 g/mol. The molecule has 1 amide bonds. The minimum absolute atomic E-state index is 0.0551. The van der Waals surface area contributed by atoms with Gasteiger partial charge >= 0.3 is 5.97 Å². The standard InChI is InChI=1S/C20H19ClFNO4/c1-26-20(25)17-11-14(27-18-9-5-4-8-16(18)22)12-23(17)19(24)10-13-6-2-3-7-15(13)21/h2-9,14,17H,10-12H2,1H3. The number of ether oxygens (including phenoxy) is 2. The molecule has 0 saturated carbocycles. The summed E-state index contributed by atoms with van der Waals surface area (Å²) in [5.74, 6) is -1.19. The molecule has 1 aliphatic heterocycles. The fourth-order valence-corrected chi connectivity index (χ4v) is 3.35. The van der Waals surface area contributed by atoms with Crippen molar-refractivity contribution in [2.24, 2.45) is 0 Å². The minimum Gasteiger partial charge on any atom is -0.485 e. The molecule has 7 heteroatoms. The van der Waals surface area contributed by atoms with Crippen LogP contribution < -0.4 is 4.74 Å². The third-order valence-electron chi connectivity index (χ3n) is 4.49. The van der Waals surface area contributed by atoms with Gasteiger partial charge in [-0.25, -0.2) is 9.18 Å². The van der Waals surface area contributed by atoms with Gasteiger partial charge in [-0.1, -0.05) is 41.9 Å². The lowest BCUT2D eigenvalue weighted by Crippen LogP contribution is -2.42. The Bertz CT molecular complexity index is 844. The fourth-order valence-electron chi connectivity index (χ4n) is 3.14. The number of benzene rings is 2. The summed E-state index contributed by atoms with van der Waals surface area (Å²) in [4.78, 5) is 26.4. The minimum atomic E-state index is -0.776. The predicted molar refractivity (Wildman–Crippen MR) is 98.1 cm³/mol. The van der Waals surface area contributed by atoms with Crippen LogP contribution in [0.2, 0.25) is 5.02 Å². The molecule has 1 heterocycles. The van der Waals surface area contributed by atoms with Crippen LogP contribution in [-0.4, -0.2) is 42.6 Å². The molecule has 2 atom stereocenters. The maximum absolute atomic E-state index is 13.8. The molecule has 1 saturated heterocycles. The molecular formula is C20H19ClFNO4. The molecule has 3 rings (SSSR count). The maximum Gasteiger partial charge on any atom is 0.328 e. The molecule has 0 spiro atoms. The number of hydrogen-bond acceptors (Lipinski definition) is 4. The molecule has 2 aromatic rings. The van der Waals surface area contributed by atoms with Gasteiger partial charge in [0.2, 0.25) is 5.91 Å². The second kappa shape index (κ2) is 8.39. The van der Waals surface area contributed by atoms with E-state index < -0.39 is 23.9 Å². The van der Waals surface area contributed by atoms with Crippen molar-refractivity contribution in [2.75, 3.05) is 13.7 Å². The lowest BCUT2D eigenvalue weighted by molar-refractivity contribution is -0.150. The van der Waals surface area contributed by atoms with Crippen molar-refractivity contribution >= 4 is 23.5 Å². The highest BCUT2D eigenvalue weighted by Crippen LogP contribution is 2.27. The average molecular weight is 392 g/mol. The Morgan fingerprint density at radius 1 is 1.19 bits per heavy atom. The van der Waals surface area contributed by atoms with Crippen LogP contribution in [-0.2, 0) is 20.7 Å². The zero-order chi connectivity index (χ0) is 19.4. The van der Waals surface area contributed by atoms with Crippen molar-refractivity contribution in [2.45, 2.75) is 25.0 Å². The van der Waals surface area contributed by atoms with Crippen LogP contribution in [0.1, 0.15) is 12.0 Å². The largest absolute Gasteiger partial charge is 0.485 e. The molecule has 0 N–H and O–H groups in total. The Balaban J connectivity index is 1.75. The van der Waals surface area contributed by atoms with Gasteiger partial charge in [0.1, 0.15) is 12.1 Å². The third-order valence-corrected chi connectivity index (χ3v) is 4.85. The smallest absolute Gasteiger partial charge is 0.328 e. The van der Waals surface area contributed by atoms with E-state index >= 15 is 0 Å². The number of halogens is 2. The number of hydrogen-bond donors (Lipinski definition) is 0. The van der Waals surface area contributed by atoms with Crippen LogP contribution in [0.5, 0.6) is 5.75 Å². The first kappa shape index (κ1) is 19.2. The summed E-state index contributed by atoms with van der Waals surface area (Å²) in [7, 11) is 1.27. The number of carbonyl (C=O) groups is 2. The van der Waals surface area contributed by atoms with E-state index in [0.717, 1.165) is 0 Å². The maximum atomic E-state index is 13.8. The van der Waals surface area contributed by atoms with Crippen molar-refractivity contribution in [3.63, 3.8) is 0 Å². The van der Waals surface area contributed by atoms with Crippen LogP contribution in [0.15, 0.2) is 48.5 Å². The number of para-hydroxylation sites is 1. The van der Waals surface area contributed by atoms with Gasteiger partial charge in [-0.15, -0.1) is 0 Å². The highest BCUT2D eigenvalue weighted by Gasteiger charge is 2.41. The average Bonchev–Trinajstić information content (AvgIpc) is 3.09. The van der Waals surface area contributed by atoms with E-state index in [0.29, 0.717) is 10.6 Å². The molecule has 1 aliphatic rings. The van der Waals surface area contributed by atoms with Gasteiger partial charge in [0.15, 0.2) is 11.6 Å². The molecule has 0 radical (unpaired) electrons. The van der Waals surface area contributed by atoms with Gasteiger partial charge in [-0.3, -0.25) is 4.79 Å². The topological polar surface area (TPSA) is 55.8 Å². The van der Waals surface area contributed by atoms with E-state index in [1.165, 1.54) is 24.1 Å². The normalized spacial score (nSPS) is 19.0. The molecule has 5 nitrogen and oxygen atoms in total. The van der Waals surface area contributed by atoms with Crippen LogP contribution >= 0.6 is 11.6 Å². The Morgan fingerprint density at radius 3 is 2.59 bits per heavy atom. The van der Waals surface area contributed by atoms with E-state index in [1.54, 1.807) is 36.4 Å². The lowest BCUT2D eigenvalue weighted by atomic mass is 10.1. The van der Waals surface area contributed by atoms with E-state index in [-0.39, 0.29) is 31.0 Å². The number of rotatable bonds is 5. The molecule has 2 unspecified atom stereocenters. The quantitative estimate of drug-likeness (QED) is 0.734. The predicted octanol–water partition coefficient (Wildman–Crippen LogP) is 3.24. The van der Waals surface area contributed by atoms with Crippen molar-refractivity contribution in [3.05, 3.63) is 64.9 Å². The summed E-state index contributed by atoms with van der Waals surface area (Å²) < 4.78 is 24.3. The number of carbonyl (C=O) groups excluding carboxylic acids is 2. The summed E-state index contributed by atoms with van der Waals surface area (Å²) in [6.07, 6.45) is -0.226. The molecule has 2 aromatic carbocycles. The second-order valence-corrected chi connectivity index (χ2v) is 6.67. The number of esters is 1. The summed E-state index contributed by atoms with van der Waals surface area (Å²) in [6.45, 7) is 0.164. The van der Waals surface area contributed by atoms with Gasteiger partial charge in [0.05, 0.1) is 20.1 Å². The van der Waals surface area contributed by atoms with Crippen LogP contribution in [0.25, 0.3) is 0 Å². The van der Waals surface area contributed by atoms with E-state index in [2.05, 4.69) is 0 Å².